The van der Waals surface area contributed by atoms with Gasteiger partial charge in [-0.05, 0) is 31.5 Å². The number of rotatable bonds is 8. The van der Waals surface area contributed by atoms with Crippen molar-refractivity contribution in [1.29, 1.82) is 0 Å². The first-order chi connectivity index (χ1) is 15.1. The van der Waals surface area contributed by atoms with Gasteiger partial charge in [0.2, 0.25) is 0 Å². The zero-order valence-electron chi connectivity index (χ0n) is 19.0. The summed E-state index contributed by atoms with van der Waals surface area (Å²) in [7, 11) is 3.27. The Hall–Kier alpha value is -2.77. The van der Waals surface area contributed by atoms with Gasteiger partial charge in [0.05, 0.1) is 40.0 Å². The molecule has 1 aliphatic heterocycles. The molecule has 3 rings (SSSR count). The van der Waals surface area contributed by atoms with Crippen molar-refractivity contribution < 1.29 is 14.2 Å². The second-order valence-electron chi connectivity index (χ2n) is 7.49. The van der Waals surface area contributed by atoms with E-state index in [1.165, 1.54) is 11.1 Å². The van der Waals surface area contributed by atoms with E-state index in [-0.39, 0.29) is 6.04 Å². The molecular formula is C24H34N4O3. The van der Waals surface area contributed by atoms with Crippen molar-refractivity contribution in [2.24, 2.45) is 4.99 Å². The van der Waals surface area contributed by atoms with E-state index in [0.717, 1.165) is 44.5 Å². The van der Waals surface area contributed by atoms with E-state index in [4.69, 9.17) is 19.2 Å². The number of hydrogen-bond acceptors (Lipinski definition) is 5. The van der Waals surface area contributed by atoms with Crippen LogP contribution in [-0.2, 0) is 4.74 Å². The van der Waals surface area contributed by atoms with Gasteiger partial charge in [0, 0.05) is 31.4 Å². The Morgan fingerprint density at radius 2 is 1.77 bits per heavy atom. The number of anilines is 1. The van der Waals surface area contributed by atoms with Gasteiger partial charge in [-0.3, -0.25) is 9.89 Å². The standard InChI is InChI=1S/C24H34N4O3/c1-5-25-24(27-20-10-11-22(29-3)23(16-20)30-4)26-17-21(28-12-14-31-15-13-28)19-8-6-18(2)7-9-19/h6-11,16,21H,5,12-15,17H2,1-4H3,(H2,25,26,27). The number of nitrogens with one attached hydrogen (secondary N) is 2. The summed E-state index contributed by atoms with van der Waals surface area (Å²) in [5, 5.41) is 6.72. The molecule has 0 amide bonds. The number of ether oxygens (including phenoxy) is 3. The van der Waals surface area contributed by atoms with Crippen LogP contribution in [0.4, 0.5) is 5.69 Å². The van der Waals surface area contributed by atoms with Crippen molar-refractivity contribution in [3.05, 3.63) is 53.6 Å². The number of morpholine rings is 1. The van der Waals surface area contributed by atoms with Crippen LogP contribution < -0.4 is 20.1 Å². The van der Waals surface area contributed by atoms with Crippen LogP contribution in [0.2, 0.25) is 0 Å². The fourth-order valence-corrected chi connectivity index (χ4v) is 3.64. The quantitative estimate of drug-likeness (QED) is 0.498. The molecule has 7 nitrogen and oxygen atoms in total. The molecule has 168 valence electrons. The van der Waals surface area contributed by atoms with Gasteiger partial charge in [-0.2, -0.15) is 0 Å². The summed E-state index contributed by atoms with van der Waals surface area (Å²) in [6.45, 7) is 8.93. The molecular weight excluding hydrogens is 392 g/mol. The van der Waals surface area contributed by atoms with E-state index >= 15 is 0 Å². The fraction of sp³-hybridized carbons (Fsp3) is 0.458. The number of guanidine groups is 1. The van der Waals surface area contributed by atoms with Crippen LogP contribution in [0.5, 0.6) is 11.5 Å². The molecule has 0 spiro atoms. The molecule has 0 saturated carbocycles. The summed E-state index contributed by atoms with van der Waals surface area (Å²) >= 11 is 0. The molecule has 0 radical (unpaired) electrons. The molecule has 0 aromatic heterocycles. The molecule has 0 aliphatic carbocycles. The Morgan fingerprint density at radius 3 is 2.42 bits per heavy atom. The Morgan fingerprint density at radius 1 is 1.06 bits per heavy atom. The van der Waals surface area contributed by atoms with Gasteiger partial charge in [-0.15, -0.1) is 0 Å². The van der Waals surface area contributed by atoms with Crippen molar-refractivity contribution in [3.8, 4) is 11.5 Å². The lowest BCUT2D eigenvalue weighted by molar-refractivity contribution is 0.0180. The van der Waals surface area contributed by atoms with Crippen LogP contribution in [0.3, 0.4) is 0 Å². The lowest BCUT2D eigenvalue weighted by atomic mass is 10.0. The van der Waals surface area contributed by atoms with E-state index in [9.17, 15) is 0 Å². The normalized spacial score (nSPS) is 15.9. The molecule has 2 aromatic carbocycles. The van der Waals surface area contributed by atoms with Crippen LogP contribution in [-0.4, -0.2) is 64.5 Å². The first-order valence-corrected chi connectivity index (χ1v) is 10.8. The summed E-state index contributed by atoms with van der Waals surface area (Å²) < 4.78 is 16.3. The maximum atomic E-state index is 5.56. The number of hydrogen-bond donors (Lipinski definition) is 2. The van der Waals surface area contributed by atoms with E-state index < -0.39 is 0 Å². The van der Waals surface area contributed by atoms with Gasteiger partial charge in [0.1, 0.15) is 0 Å². The Bertz CT molecular complexity index is 848. The zero-order valence-corrected chi connectivity index (χ0v) is 19.0. The van der Waals surface area contributed by atoms with Crippen molar-refractivity contribution in [3.63, 3.8) is 0 Å². The Kier molecular flexibility index (Phi) is 8.55. The minimum Gasteiger partial charge on any atom is -0.493 e. The average molecular weight is 427 g/mol. The van der Waals surface area contributed by atoms with Crippen LogP contribution in [0.15, 0.2) is 47.5 Å². The third-order valence-corrected chi connectivity index (χ3v) is 5.36. The number of benzene rings is 2. The van der Waals surface area contributed by atoms with Crippen LogP contribution in [0, 0.1) is 6.92 Å². The molecule has 1 heterocycles. The molecule has 1 unspecified atom stereocenters. The highest BCUT2D eigenvalue weighted by Crippen LogP contribution is 2.29. The van der Waals surface area contributed by atoms with E-state index in [2.05, 4.69) is 53.6 Å². The third-order valence-electron chi connectivity index (χ3n) is 5.36. The third kappa shape index (κ3) is 6.35. The average Bonchev–Trinajstić information content (AvgIpc) is 2.81. The smallest absolute Gasteiger partial charge is 0.195 e. The van der Waals surface area contributed by atoms with Crippen LogP contribution >= 0.6 is 0 Å². The topological polar surface area (TPSA) is 67.4 Å². The zero-order chi connectivity index (χ0) is 22.1. The molecule has 2 N–H and O–H groups in total. The minimum absolute atomic E-state index is 0.199. The maximum Gasteiger partial charge on any atom is 0.195 e. The van der Waals surface area contributed by atoms with E-state index in [1.807, 2.05) is 18.2 Å². The number of aliphatic imine (C=N–C) groups is 1. The lowest BCUT2D eigenvalue weighted by Crippen LogP contribution is -2.41. The predicted octanol–water partition coefficient (Wildman–Crippen LogP) is 3.46. The molecule has 0 bridgehead atoms. The first-order valence-electron chi connectivity index (χ1n) is 10.8. The Labute approximate surface area is 185 Å². The Balaban J connectivity index is 1.80. The molecule has 31 heavy (non-hydrogen) atoms. The van der Waals surface area contributed by atoms with Crippen LogP contribution in [0.25, 0.3) is 0 Å². The SMILES string of the molecule is CCNC(=NCC(c1ccc(C)cc1)N1CCOCC1)Nc1ccc(OC)c(OC)c1. The van der Waals surface area contributed by atoms with E-state index in [0.29, 0.717) is 18.0 Å². The lowest BCUT2D eigenvalue weighted by Gasteiger charge is -2.34. The predicted molar refractivity (Wildman–Crippen MR) is 125 cm³/mol. The van der Waals surface area contributed by atoms with Gasteiger partial charge in [0.25, 0.3) is 0 Å². The second kappa shape index (κ2) is 11.6. The highest BCUT2D eigenvalue weighted by molar-refractivity contribution is 5.94. The number of aryl methyl sites for hydroxylation is 1. The fourth-order valence-electron chi connectivity index (χ4n) is 3.64. The number of methoxy groups -OCH3 is 2. The van der Waals surface area contributed by atoms with Crippen LogP contribution in [0.1, 0.15) is 24.1 Å². The van der Waals surface area contributed by atoms with Crippen molar-refractivity contribution in [2.75, 3.05) is 58.9 Å². The molecule has 1 aliphatic rings. The summed E-state index contributed by atoms with van der Waals surface area (Å²) in [4.78, 5) is 7.38. The minimum atomic E-state index is 0.199. The molecule has 7 heteroatoms. The maximum absolute atomic E-state index is 5.56. The summed E-state index contributed by atoms with van der Waals surface area (Å²) in [5.74, 6) is 2.11. The van der Waals surface area contributed by atoms with E-state index in [1.54, 1.807) is 14.2 Å². The number of nitrogens with zero attached hydrogens (tertiary/aromatic N) is 2. The highest BCUT2D eigenvalue weighted by atomic mass is 16.5. The molecule has 1 saturated heterocycles. The van der Waals surface area contributed by atoms with Gasteiger partial charge >= 0.3 is 0 Å². The molecule has 1 atom stereocenters. The molecule has 2 aromatic rings. The molecule has 1 fully saturated rings. The van der Waals surface area contributed by atoms with Crippen molar-refractivity contribution in [2.45, 2.75) is 19.9 Å². The highest BCUT2D eigenvalue weighted by Gasteiger charge is 2.22. The monoisotopic (exact) mass is 426 g/mol. The van der Waals surface area contributed by atoms with Gasteiger partial charge < -0.3 is 24.8 Å². The van der Waals surface area contributed by atoms with Gasteiger partial charge in [-0.25, -0.2) is 0 Å². The van der Waals surface area contributed by atoms with Gasteiger partial charge in [0.15, 0.2) is 17.5 Å². The summed E-state index contributed by atoms with van der Waals surface area (Å²) in [5.41, 5.74) is 3.42. The second-order valence-corrected chi connectivity index (χ2v) is 7.49. The summed E-state index contributed by atoms with van der Waals surface area (Å²) in [6, 6.07) is 14.7. The van der Waals surface area contributed by atoms with Crippen molar-refractivity contribution >= 4 is 11.6 Å². The first kappa shape index (κ1) is 22.9. The van der Waals surface area contributed by atoms with Gasteiger partial charge in [-0.1, -0.05) is 29.8 Å². The summed E-state index contributed by atoms with van der Waals surface area (Å²) in [6.07, 6.45) is 0. The van der Waals surface area contributed by atoms with Crippen molar-refractivity contribution in [1.82, 2.24) is 10.2 Å². The largest absolute Gasteiger partial charge is 0.493 e.